The number of nitrogens with zero attached hydrogens (tertiary/aromatic N) is 1. The van der Waals surface area contributed by atoms with Gasteiger partial charge in [0.05, 0.1) is 0 Å². The second-order valence-corrected chi connectivity index (χ2v) is 7.64. The summed E-state index contributed by atoms with van der Waals surface area (Å²) in [6.45, 7) is 3.16. The first-order chi connectivity index (χ1) is 12.3. The normalized spacial score (nSPS) is 32.6. The largest absolute Gasteiger partial charge is 0.445 e. The van der Waals surface area contributed by atoms with Gasteiger partial charge in [0.25, 0.3) is 11.6 Å². The fourth-order valence-electron chi connectivity index (χ4n) is 3.78. The molecule has 136 valence electrons. The molecule has 2 unspecified atom stereocenters. The van der Waals surface area contributed by atoms with Gasteiger partial charge in [0.15, 0.2) is 5.60 Å². The molecular weight excluding hydrogens is 356 g/mol. The Labute approximate surface area is 154 Å². The minimum Gasteiger partial charge on any atom is -0.445 e. The Kier molecular flexibility index (Phi) is 3.68. The highest BCUT2D eigenvalue weighted by molar-refractivity contribution is 8.00. The number of carbonyl (C=O) groups excluding carboxylic acids is 3. The van der Waals surface area contributed by atoms with E-state index < -0.39 is 28.6 Å². The van der Waals surface area contributed by atoms with Gasteiger partial charge in [-0.05, 0) is 12.5 Å². The number of benzene rings is 1. The van der Waals surface area contributed by atoms with Crippen molar-refractivity contribution in [1.82, 2.24) is 10.2 Å². The molecule has 3 aliphatic rings. The van der Waals surface area contributed by atoms with Crippen LogP contribution in [0.4, 0.5) is 0 Å². The first kappa shape index (κ1) is 17.1. The average Bonchev–Trinajstić information content (AvgIpc) is 2.90. The molecule has 1 N–H and O–H groups in total. The maximum atomic E-state index is 12.9. The molecule has 0 spiro atoms. The average molecular weight is 374 g/mol. The van der Waals surface area contributed by atoms with E-state index in [1.54, 1.807) is 0 Å². The third-order valence-electron chi connectivity index (χ3n) is 5.11. The number of rotatable bonds is 3. The molecule has 1 saturated heterocycles. The van der Waals surface area contributed by atoms with Gasteiger partial charge in [0, 0.05) is 25.4 Å². The van der Waals surface area contributed by atoms with Crippen molar-refractivity contribution in [2.24, 2.45) is 0 Å². The molecule has 0 radical (unpaired) electrons. The Morgan fingerprint density at radius 2 is 2.04 bits per heavy atom. The lowest BCUT2D eigenvalue weighted by Crippen LogP contribution is -2.80. The molecule has 3 aliphatic heterocycles. The van der Waals surface area contributed by atoms with Crippen LogP contribution in [0, 0.1) is 0 Å². The number of carbonyl (C=O) groups is 3. The molecule has 3 heterocycles. The minimum atomic E-state index is -1.44. The monoisotopic (exact) mass is 374 g/mol. The zero-order valence-electron chi connectivity index (χ0n) is 14.6. The molecule has 0 aliphatic carbocycles. The van der Waals surface area contributed by atoms with Crippen LogP contribution in [0.15, 0.2) is 41.6 Å². The number of esters is 1. The van der Waals surface area contributed by atoms with E-state index in [1.807, 2.05) is 37.3 Å². The van der Waals surface area contributed by atoms with Crippen LogP contribution < -0.4 is 5.32 Å². The van der Waals surface area contributed by atoms with Gasteiger partial charge in [-0.25, -0.2) is 4.79 Å². The van der Waals surface area contributed by atoms with E-state index in [4.69, 9.17) is 9.47 Å². The fraction of sp³-hybridized carbons (Fsp3) is 0.389. The topological polar surface area (TPSA) is 84.9 Å². The lowest BCUT2D eigenvalue weighted by Gasteiger charge is -2.55. The number of ether oxygens (including phenoxy) is 2. The molecule has 1 fully saturated rings. The van der Waals surface area contributed by atoms with Crippen LogP contribution in [0.3, 0.4) is 0 Å². The Balaban J connectivity index is 1.76. The Bertz CT molecular complexity index is 854. The second-order valence-electron chi connectivity index (χ2n) is 6.58. The molecule has 4 rings (SSSR count). The summed E-state index contributed by atoms with van der Waals surface area (Å²) >= 11 is 1.44. The zero-order chi connectivity index (χ0) is 18.7. The van der Waals surface area contributed by atoms with Gasteiger partial charge in [-0.2, -0.15) is 0 Å². The smallest absolute Gasteiger partial charge is 0.356 e. The van der Waals surface area contributed by atoms with E-state index in [1.165, 1.54) is 30.7 Å². The molecule has 3 atom stereocenters. The number of nitrogens with one attached hydrogen (secondary N) is 1. The van der Waals surface area contributed by atoms with E-state index in [9.17, 15) is 14.4 Å². The van der Waals surface area contributed by atoms with E-state index in [2.05, 4.69) is 5.32 Å². The third kappa shape index (κ3) is 2.02. The van der Waals surface area contributed by atoms with Crippen molar-refractivity contribution in [2.45, 2.75) is 30.5 Å². The van der Waals surface area contributed by atoms with Gasteiger partial charge in [0.2, 0.25) is 5.91 Å². The highest BCUT2D eigenvalue weighted by atomic mass is 32.2. The summed E-state index contributed by atoms with van der Waals surface area (Å²) in [6.07, 6.45) is 0. The molecule has 26 heavy (non-hydrogen) atoms. The van der Waals surface area contributed by atoms with E-state index in [0.717, 1.165) is 11.1 Å². The quantitative estimate of drug-likeness (QED) is 0.485. The van der Waals surface area contributed by atoms with Crippen molar-refractivity contribution in [3.8, 4) is 0 Å². The maximum Gasteiger partial charge on any atom is 0.356 e. The number of fused-ring (bicyclic) bond motifs is 2. The van der Waals surface area contributed by atoms with Gasteiger partial charge in [0.1, 0.15) is 11.1 Å². The van der Waals surface area contributed by atoms with Crippen molar-refractivity contribution in [3.63, 3.8) is 0 Å². The van der Waals surface area contributed by atoms with Crippen molar-refractivity contribution in [3.05, 3.63) is 47.2 Å². The summed E-state index contributed by atoms with van der Waals surface area (Å²) in [5.74, 6) is -0.874. The third-order valence-corrected chi connectivity index (χ3v) is 6.42. The highest BCUT2D eigenvalue weighted by Gasteiger charge is 2.68. The predicted octanol–water partition coefficient (Wildman–Crippen LogP) is 1.11. The number of methoxy groups -OCH3 is 1. The number of amides is 2. The predicted molar refractivity (Wildman–Crippen MR) is 93.6 cm³/mol. The van der Waals surface area contributed by atoms with Crippen molar-refractivity contribution >= 4 is 29.5 Å². The SMILES string of the molecule is COC1(NC(C)=O)C(=O)N2C3=C(CS[C@H]21)C(C)(c1ccccc1)OC3=O. The van der Waals surface area contributed by atoms with Crippen LogP contribution >= 0.6 is 11.8 Å². The fourth-order valence-corrected chi connectivity index (χ4v) is 5.36. The molecule has 2 amide bonds. The Morgan fingerprint density at radius 3 is 2.65 bits per heavy atom. The number of hydrogen-bond acceptors (Lipinski definition) is 6. The van der Waals surface area contributed by atoms with Gasteiger partial charge in [-0.1, -0.05) is 30.3 Å². The summed E-state index contributed by atoms with van der Waals surface area (Å²) in [4.78, 5) is 38.4. The van der Waals surface area contributed by atoms with Gasteiger partial charge < -0.3 is 14.8 Å². The lowest BCUT2D eigenvalue weighted by molar-refractivity contribution is -0.192. The van der Waals surface area contributed by atoms with Crippen molar-refractivity contribution in [2.75, 3.05) is 12.9 Å². The second kappa shape index (κ2) is 5.59. The van der Waals surface area contributed by atoms with Crippen LogP contribution in [-0.4, -0.2) is 46.6 Å². The lowest BCUT2D eigenvalue weighted by atomic mass is 9.87. The van der Waals surface area contributed by atoms with Crippen LogP contribution in [0.5, 0.6) is 0 Å². The molecule has 0 saturated carbocycles. The van der Waals surface area contributed by atoms with Crippen molar-refractivity contribution < 1.29 is 23.9 Å². The molecule has 1 aromatic carbocycles. The summed E-state index contributed by atoms with van der Waals surface area (Å²) < 4.78 is 11.1. The number of β-lactam (4-membered cyclic amide) rings is 1. The van der Waals surface area contributed by atoms with Crippen molar-refractivity contribution in [1.29, 1.82) is 0 Å². The van der Waals surface area contributed by atoms with Crippen LogP contribution in [0.2, 0.25) is 0 Å². The van der Waals surface area contributed by atoms with Gasteiger partial charge >= 0.3 is 5.97 Å². The number of cyclic esters (lactones) is 1. The standard InChI is InChI=1S/C18H18N2O5S/c1-10(21)19-18(24-3)15(23)20-13-12(9-26-16(18)20)17(2,25-14(13)22)11-7-5-4-6-8-11/h4-8,16H,9H2,1-3H3,(H,19,21)/t16-,17?,18?/m0/s1. The molecule has 0 bridgehead atoms. The van der Waals surface area contributed by atoms with Crippen LogP contribution in [-0.2, 0) is 29.5 Å². The van der Waals surface area contributed by atoms with Crippen LogP contribution in [0.1, 0.15) is 19.4 Å². The number of thioether (sulfide) groups is 1. The first-order valence-electron chi connectivity index (χ1n) is 8.17. The Hall–Kier alpha value is -2.32. The number of hydrogen-bond donors (Lipinski definition) is 1. The molecule has 8 heteroatoms. The zero-order valence-corrected chi connectivity index (χ0v) is 15.4. The maximum absolute atomic E-state index is 12.9. The summed E-state index contributed by atoms with van der Waals surface area (Å²) in [6, 6.07) is 9.45. The van der Waals surface area contributed by atoms with Gasteiger partial charge in [-0.3, -0.25) is 14.5 Å². The summed E-state index contributed by atoms with van der Waals surface area (Å²) in [5.41, 5.74) is -0.476. The molecule has 1 aromatic rings. The van der Waals surface area contributed by atoms with Crippen LogP contribution in [0.25, 0.3) is 0 Å². The first-order valence-corrected chi connectivity index (χ1v) is 9.21. The summed E-state index contributed by atoms with van der Waals surface area (Å²) in [7, 11) is 1.37. The highest BCUT2D eigenvalue weighted by Crippen LogP contribution is 2.53. The van der Waals surface area contributed by atoms with E-state index >= 15 is 0 Å². The van der Waals surface area contributed by atoms with E-state index in [-0.39, 0.29) is 11.6 Å². The van der Waals surface area contributed by atoms with Gasteiger partial charge in [-0.15, -0.1) is 11.8 Å². The molecule has 0 aromatic heterocycles. The molecular formula is C18H18N2O5S. The van der Waals surface area contributed by atoms with E-state index in [0.29, 0.717) is 5.75 Å². The Morgan fingerprint density at radius 1 is 1.35 bits per heavy atom. The summed E-state index contributed by atoms with van der Waals surface area (Å²) in [5, 5.41) is 2.08. The minimum absolute atomic E-state index is 0.267. The molecule has 7 nitrogen and oxygen atoms in total.